The molecule has 0 saturated heterocycles. The first-order valence-corrected chi connectivity index (χ1v) is 9.30. The molecule has 3 rings (SSSR count). The van der Waals surface area contributed by atoms with Crippen molar-refractivity contribution >= 4 is 72.1 Å². The van der Waals surface area contributed by atoms with E-state index in [4.69, 9.17) is 4.98 Å². The fourth-order valence-corrected chi connectivity index (χ4v) is 4.56. The van der Waals surface area contributed by atoms with Crippen LogP contribution in [0.5, 0.6) is 5.75 Å². The molecule has 0 unspecified atom stereocenters. The smallest absolute Gasteiger partial charge is 0.144 e. The summed E-state index contributed by atoms with van der Waals surface area (Å²) in [5.41, 5.74) is 2.78. The number of halogens is 3. The predicted octanol–water partition coefficient (Wildman–Crippen LogP) is 5.40. The Morgan fingerprint density at radius 1 is 1.24 bits per heavy atom. The Morgan fingerprint density at radius 2 is 2.00 bits per heavy atom. The zero-order chi connectivity index (χ0) is 15.1. The first-order chi connectivity index (χ1) is 10.0. The third kappa shape index (κ3) is 2.81. The number of nitrogens with zero attached hydrogens (tertiary/aromatic N) is 2. The summed E-state index contributed by atoms with van der Waals surface area (Å²) in [6, 6.07) is 9.99. The number of phenols is 1. The summed E-state index contributed by atoms with van der Waals surface area (Å²) in [6.07, 6.45) is 0. The molecule has 0 spiro atoms. The van der Waals surface area contributed by atoms with E-state index in [1.807, 2.05) is 24.3 Å². The quantitative estimate of drug-likeness (QED) is 0.421. The number of imidazole rings is 1. The lowest BCUT2D eigenvalue weighted by Crippen LogP contribution is -1.98. The van der Waals surface area contributed by atoms with Gasteiger partial charge in [0.15, 0.2) is 0 Å². The molecule has 0 amide bonds. The minimum absolute atomic E-state index is 0.292. The molecule has 3 aromatic rings. The predicted molar refractivity (Wildman–Crippen MR) is 106 cm³/mol. The third-order valence-electron chi connectivity index (χ3n) is 3.30. The van der Waals surface area contributed by atoms with Gasteiger partial charge in [0.25, 0.3) is 0 Å². The summed E-state index contributed by atoms with van der Waals surface area (Å²) >= 11 is 7.89. The van der Waals surface area contributed by atoms with Gasteiger partial charge in [0.1, 0.15) is 11.6 Å². The van der Waals surface area contributed by atoms with Crippen molar-refractivity contribution in [2.24, 2.45) is 0 Å². The molecule has 1 heterocycles. The van der Waals surface area contributed by atoms with Crippen molar-refractivity contribution in [1.82, 2.24) is 9.55 Å². The largest absolute Gasteiger partial charge is 0.506 e. The minimum atomic E-state index is 0.292. The summed E-state index contributed by atoms with van der Waals surface area (Å²) in [6.45, 7) is 2.89. The first kappa shape index (κ1) is 15.5. The van der Waals surface area contributed by atoms with Crippen LogP contribution in [0.25, 0.3) is 22.4 Å². The highest BCUT2D eigenvalue weighted by Crippen LogP contribution is 2.36. The number of fused-ring (bicyclic) bond motifs is 1. The van der Waals surface area contributed by atoms with E-state index < -0.39 is 0 Å². The average Bonchev–Trinajstić information content (AvgIpc) is 2.79. The third-order valence-corrected chi connectivity index (χ3v) is 5.23. The molecular weight excluding hydrogens is 558 g/mol. The van der Waals surface area contributed by atoms with Crippen LogP contribution in [0.1, 0.15) is 6.92 Å². The van der Waals surface area contributed by atoms with Crippen LogP contribution in [0, 0.1) is 7.14 Å². The number of phenolic OH excluding ortho intramolecular Hbond substituents is 1. The van der Waals surface area contributed by atoms with Crippen LogP contribution >= 0.6 is 61.1 Å². The molecule has 6 heteroatoms. The number of aryl methyl sites for hydroxylation is 1. The highest BCUT2D eigenvalue weighted by molar-refractivity contribution is 14.1. The van der Waals surface area contributed by atoms with Crippen LogP contribution in [0.3, 0.4) is 0 Å². The Kier molecular flexibility index (Phi) is 4.47. The normalized spacial score (nSPS) is 11.2. The molecule has 0 saturated carbocycles. The Labute approximate surface area is 158 Å². The van der Waals surface area contributed by atoms with E-state index in [1.54, 1.807) is 0 Å². The van der Waals surface area contributed by atoms with Crippen molar-refractivity contribution in [3.05, 3.63) is 41.9 Å². The second kappa shape index (κ2) is 6.04. The molecule has 2 aromatic carbocycles. The van der Waals surface area contributed by atoms with Crippen LogP contribution < -0.4 is 0 Å². The van der Waals surface area contributed by atoms with Crippen molar-refractivity contribution in [3.63, 3.8) is 0 Å². The van der Waals surface area contributed by atoms with Crippen LogP contribution in [0.2, 0.25) is 0 Å². The molecule has 21 heavy (non-hydrogen) atoms. The van der Waals surface area contributed by atoms with Gasteiger partial charge in [-0.3, -0.25) is 0 Å². The van der Waals surface area contributed by atoms with Crippen molar-refractivity contribution in [2.75, 3.05) is 0 Å². The van der Waals surface area contributed by atoms with Crippen LogP contribution in [-0.2, 0) is 6.54 Å². The second-order valence-electron chi connectivity index (χ2n) is 4.60. The van der Waals surface area contributed by atoms with E-state index in [9.17, 15) is 5.11 Å². The lowest BCUT2D eigenvalue weighted by atomic mass is 10.2. The Morgan fingerprint density at radius 3 is 2.71 bits per heavy atom. The number of hydrogen-bond donors (Lipinski definition) is 1. The summed E-state index contributed by atoms with van der Waals surface area (Å²) in [7, 11) is 0. The number of benzene rings is 2. The molecular formula is C15H11BrI2N2O. The number of hydrogen-bond acceptors (Lipinski definition) is 2. The van der Waals surface area contributed by atoms with Gasteiger partial charge in [0.05, 0.1) is 20.2 Å². The van der Waals surface area contributed by atoms with Crippen LogP contribution in [0.15, 0.2) is 34.8 Å². The van der Waals surface area contributed by atoms with Gasteiger partial charge < -0.3 is 9.67 Å². The van der Waals surface area contributed by atoms with E-state index in [2.05, 4.69) is 78.7 Å². The van der Waals surface area contributed by atoms with E-state index in [-0.39, 0.29) is 0 Å². The van der Waals surface area contributed by atoms with Crippen molar-refractivity contribution in [1.29, 1.82) is 0 Å². The van der Waals surface area contributed by atoms with E-state index in [0.717, 1.165) is 40.6 Å². The Hall–Kier alpha value is -0.350. The second-order valence-corrected chi connectivity index (χ2v) is 7.92. The van der Waals surface area contributed by atoms with Crippen molar-refractivity contribution in [3.8, 4) is 17.1 Å². The van der Waals surface area contributed by atoms with Gasteiger partial charge in [-0.15, -0.1) is 0 Å². The summed E-state index contributed by atoms with van der Waals surface area (Å²) in [5.74, 6) is 1.10. The van der Waals surface area contributed by atoms with Gasteiger partial charge in [0, 0.05) is 14.6 Å². The topological polar surface area (TPSA) is 38.0 Å². The average molecular weight is 569 g/mol. The highest BCUT2D eigenvalue weighted by atomic mass is 127. The van der Waals surface area contributed by atoms with Crippen LogP contribution in [-0.4, -0.2) is 14.7 Å². The maximum Gasteiger partial charge on any atom is 0.144 e. The fourth-order valence-electron chi connectivity index (χ4n) is 2.37. The fraction of sp³-hybridized carbons (Fsp3) is 0.133. The van der Waals surface area contributed by atoms with Gasteiger partial charge in [0.2, 0.25) is 0 Å². The molecule has 3 nitrogen and oxygen atoms in total. The van der Waals surface area contributed by atoms with Gasteiger partial charge in [-0.1, -0.05) is 15.9 Å². The van der Waals surface area contributed by atoms with Gasteiger partial charge in [-0.25, -0.2) is 4.98 Å². The Balaban J connectivity index is 2.35. The van der Waals surface area contributed by atoms with Gasteiger partial charge in [-0.2, -0.15) is 0 Å². The molecule has 108 valence electrons. The highest BCUT2D eigenvalue weighted by Gasteiger charge is 2.17. The first-order valence-electron chi connectivity index (χ1n) is 6.35. The number of rotatable bonds is 2. The lowest BCUT2D eigenvalue weighted by molar-refractivity contribution is 0.472. The molecule has 0 aliphatic rings. The lowest BCUT2D eigenvalue weighted by Gasteiger charge is -2.09. The van der Waals surface area contributed by atoms with E-state index in [0.29, 0.717) is 5.75 Å². The molecule has 0 aliphatic carbocycles. The zero-order valence-corrected chi connectivity index (χ0v) is 17.0. The molecule has 0 radical (unpaired) electrons. The number of aromatic nitrogens is 2. The zero-order valence-electron chi connectivity index (χ0n) is 11.1. The molecule has 0 fully saturated rings. The van der Waals surface area contributed by atoms with Gasteiger partial charge >= 0.3 is 0 Å². The van der Waals surface area contributed by atoms with Crippen molar-refractivity contribution in [2.45, 2.75) is 13.5 Å². The summed E-state index contributed by atoms with van der Waals surface area (Å²) in [4.78, 5) is 4.72. The van der Waals surface area contributed by atoms with E-state index >= 15 is 0 Å². The summed E-state index contributed by atoms with van der Waals surface area (Å²) in [5, 5.41) is 10.4. The van der Waals surface area contributed by atoms with E-state index in [1.165, 1.54) is 0 Å². The maximum atomic E-state index is 10.4. The summed E-state index contributed by atoms with van der Waals surface area (Å²) < 4.78 is 5.05. The standard InChI is InChI=1S/C15H11BrI2N2O/c1-2-20-13-4-3-8(16)5-12(13)19-15(20)10-6-9(17)7-11(18)14(10)21/h3-7,21H,2H2,1H3. The maximum absolute atomic E-state index is 10.4. The number of aromatic hydroxyl groups is 1. The Bertz CT molecular complexity index is 845. The van der Waals surface area contributed by atoms with Gasteiger partial charge in [-0.05, 0) is 82.4 Å². The van der Waals surface area contributed by atoms with Crippen LogP contribution in [0.4, 0.5) is 0 Å². The molecule has 0 atom stereocenters. The molecule has 1 aromatic heterocycles. The molecule has 0 aliphatic heterocycles. The molecule has 1 N–H and O–H groups in total. The van der Waals surface area contributed by atoms with Crippen molar-refractivity contribution < 1.29 is 5.11 Å². The monoisotopic (exact) mass is 568 g/mol. The molecule has 0 bridgehead atoms. The SMILES string of the molecule is CCn1c(-c2cc(I)cc(I)c2O)nc2cc(Br)ccc21. The minimum Gasteiger partial charge on any atom is -0.506 e.